The van der Waals surface area contributed by atoms with Crippen molar-refractivity contribution in [3.05, 3.63) is 35.4 Å². The standard InChI is InChI=1S/C22H36N4O2.HI/c1-17(2)8-4-5-12-24-22(23-3)26-15-18-9-6-10-19(14-18)21(27)25-16-20-11-7-13-28-20;/h6,9-10,14,17,20H,4-5,7-8,11-13,15-16H2,1-3H3,(H,25,27)(H2,23,24,26);1H. The van der Waals surface area contributed by atoms with E-state index in [1.807, 2.05) is 24.3 Å². The Hall–Kier alpha value is -1.35. The lowest BCUT2D eigenvalue weighted by molar-refractivity contribution is 0.0857. The number of aliphatic imine (C=N–C) groups is 1. The van der Waals surface area contributed by atoms with Crippen molar-refractivity contribution in [2.45, 2.75) is 58.6 Å². The first-order valence-electron chi connectivity index (χ1n) is 10.5. The average molecular weight is 516 g/mol. The third kappa shape index (κ3) is 10.3. The molecule has 1 saturated heterocycles. The Morgan fingerprint density at radius 2 is 2.07 bits per heavy atom. The Labute approximate surface area is 192 Å². The third-order valence-electron chi connectivity index (χ3n) is 4.89. The van der Waals surface area contributed by atoms with Crippen molar-refractivity contribution in [1.82, 2.24) is 16.0 Å². The fourth-order valence-corrected chi connectivity index (χ4v) is 3.23. The minimum absolute atomic E-state index is 0. The second-order valence-corrected chi connectivity index (χ2v) is 7.79. The quantitative estimate of drug-likeness (QED) is 0.192. The maximum absolute atomic E-state index is 12.4. The Bertz CT molecular complexity index is 631. The molecule has 0 spiro atoms. The van der Waals surface area contributed by atoms with Crippen LogP contribution in [0.2, 0.25) is 0 Å². The fourth-order valence-electron chi connectivity index (χ4n) is 3.23. The first-order valence-corrected chi connectivity index (χ1v) is 10.5. The number of unbranched alkanes of at least 4 members (excludes halogenated alkanes) is 1. The number of ether oxygens (including phenoxy) is 1. The highest BCUT2D eigenvalue weighted by Crippen LogP contribution is 2.11. The van der Waals surface area contributed by atoms with Gasteiger partial charge in [-0.2, -0.15) is 0 Å². The molecule has 1 aliphatic rings. The van der Waals surface area contributed by atoms with Crippen molar-refractivity contribution in [3.63, 3.8) is 0 Å². The zero-order valence-corrected chi connectivity index (χ0v) is 20.3. The van der Waals surface area contributed by atoms with Gasteiger partial charge >= 0.3 is 0 Å². The van der Waals surface area contributed by atoms with Crippen LogP contribution >= 0.6 is 24.0 Å². The largest absolute Gasteiger partial charge is 0.376 e. The van der Waals surface area contributed by atoms with Crippen LogP contribution in [-0.4, -0.2) is 44.7 Å². The van der Waals surface area contributed by atoms with E-state index in [0.717, 1.165) is 49.9 Å². The summed E-state index contributed by atoms with van der Waals surface area (Å²) in [6.45, 7) is 7.43. The van der Waals surface area contributed by atoms with Crippen molar-refractivity contribution in [1.29, 1.82) is 0 Å². The van der Waals surface area contributed by atoms with Crippen molar-refractivity contribution >= 4 is 35.8 Å². The number of guanidine groups is 1. The number of halogens is 1. The number of nitrogens with one attached hydrogen (secondary N) is 3. The average Bonchev–Trinajstić information content (AvgIpc) is 3.22. The topological polar surface area (TPSA) is 74.8 Å². The molecule has 1 amide bonds. The van der Waals surface area contributed by atoms with Crippen LogP contribution < -0.4 is 16.0 Å². The Kier molecular flexibility index (Phi) is 12.9. The molecule has 164 valence electrons. The number of carbonyl (C=O) groups is 1. The van der Waals surface area contributed by atoms with E-state index in [1.165, 1.54) is 12.8 Å². The van der Waals surface area contributed by atoms with Gasteiger partial charge in [0, 0.05) is 38.9 Å². The van der Waals surface area contributed by atoms with Crippen LogP contribution in [0, 0.1) is 5.92 Å². The van der Waals surface area contributed by atoms with Crippen LogP contribution in [0.5, 0.6) is 0 Å². The predicted molar refractivity (Wildman–Crippen MR) is 130 cm³/mol. The van der Waals surface area contributed by atoms with Crippen molar-refractivity contribution in [2.24, 2.45) is 10.9 Å². The molecule has 0 bridgehead atoms. The summed E-state index contributed by atoms with van der Waals surface area (Å²) in [5.41, 5.74) is 1.72. The molecule has 1 fully saturated rings. The summed E-state index contributed by atoms with van der Waals surface area (Å²) in [4.78, 5) is 16.6. The smallest absolute Gasteiger partial charge is 0.251 e. The van der Waals surface area contributed by atoms with Crippen LogP contribution in [-0.2, 0) is 11.3 Å². The van der Waals surface area contributed by atoms with E-state index in [2.05, 4.69) is 34.8 Å². The summed E-state index contributed by atoms with van der Waals surface area (Å²) in [6, 6.07) is 7.70. The summed E-state index contributed by atoms with van der Waals surface area (Å²) < 4.78 is 5.55. The van der Waals surface area contributed by atoms with E-state index >= 15 is 0 Å². The maximum Gasteiger partial charge on any atom is 0.251 e. The minimum Gasteiger partial charge on any atom is -0.376 e. The zero-order chi connectivity index (χ0) is 20.2. The first-order chi connectivity index (χ1) is 13.6. The lowest BCUT2D eigenvalue weighted by Crippen LogP contribution is -2.37. The van der Waals surface area contributed by atoms with Gasteiger partial charge in [0.2, 0.25) is 0 Å². The maximum atomic E-state index is 12.4. The van der Waals surface area contributed by atoms with Gasteiger partial charge in [-0.05, 0) is 42.9 Å². The molecule has 0 saturated carbocycles. The second-order valence-electron chi connectivity index (χ2n) is 7.79. The zero-order valence-electron chi connectivity index (χ0n) is 18.0. The second kappa shape index (κ2) is 14.6. The summed E-state index contributed by atoms with van der Waals surface area (Å²) in [5.74, 6) is 1.50. The molecule has 1 aromatic rings. The van der Waals surface area contributed by atoms with Gasteiger partial charge < -0.3 is 20.7 Å². The van der Waals surface area contributed by atoms with Gasteiger partial charge in [-0.1, -0.05) is 38.8 Å². The first kappa shape index (κ1) is 25.7. The van der Waals surface area contributed by atoms with Gasteiger partial charge in [0.25, 0.3) is 5.91 Å². The van der Waals surface area contributed by atoms with E-state index in [-0.39, 0.29) is 36.0 Å². The van der Waals surface area contributed by atoms with E-state index in [1.54, 1.807) is 7.05 Å². The highest BCUT2D eigenvalue weighted by molar-refractivity contribution is 14.0. The lowest BCUT2D eigenvalue weighted by atomic mass is 10.1. The Morgan fingerprint density at radius 1 is 1.24 bits per heavy atom. The fraction of sp³-hybridized carbons (Fsp3) is 0.636. The molecule has 6 nitrogen and oxygen atoms in total. The number of benzene rings is 1. The van der Waals surface area contributed by atoms with Gasteiger partial charge in [0.1, 0.15) is 0 Å². The van der Waals surface area contributed by atoms with Gasteiger partial charge in [-0.15, -0.1) is 24.0 Å². The number of hydrogen-bond acceptors (Lipinski definition) is 3. The van der Waals surface area contributed by atoms with Crippen molar-refractivity contribution in [2.75, 3.05) is 26.7 Å². The van der Waals surface area contributed by atoms with Crippen LogP contribution in [0.4, 0.5) is 0 Å². The Balaban J connectivity index is 0.00000420. The van der Waals surface area contributed by atoms with Crippen LogP contribution in [0.15, 0.2) is 29.3 Å². The molecule has 1 aliphatic heterocycles. The monoisotopic (exact) mass is 516 g/mol. The van der Waals surface area contributed by atoms with Gasteiger partial charge in [0.15, 0.2) is 5.96 Å². The van der Waals surface area contributed by atoms with Crippen molar-refractivity contribution < 1.29 is 9.53 Å². The summed E-state index contributed by atoms with van der Waals surface area (Å²) in [5, 5.41) is 9.63. The molecular formula is C22H37IN4O2. The number of nitrogens with zero attached hydrogens (tertiary/aromatic N) is 1. The van der Waals surface area contributed by atoms with Crippen LogP contribution in [0.25, 0.3) is 0 Å². The van der Waals surface area contributed by atoms with E-state index in [0.29, 0.717) is 18.7 Å². The summed E-state index contributed by atoms with van der Waals surface area (Å²) >= 11 is 0. The molecule has 1 aromatic carbocycles. The SMILES string of the molecule is CN=C(NCCCCC(C)C)NCc1cccc(C(=O)NCC2CCCO2)c1.I. The summed E-state index contributed by atoms with van der Waals surface area (Å²) in [7, 11) is 1.78. The predicted octanol–water partition coefficient (Wildman–Crippen LogP) is 3.70. The van der Waals surface area contributed by atoms with Gasteiger partial charge in [-0.3, -0.25) is 9.79 Å². The highest BCUT2D eigenvalue weighted by Gasteiger charge is 2.16. The number of carbonyl (C=O) groups excluding carboxylic acids is 1. The van der Waals surface area contributed by atoms with E-state index < -0.39 is 0 Å². The lowest BCUT2D eigenvalue weighted by Gasteiger charge is -2.13. The Morgan fingerprint density at radius 3 is 2.76 bits per heavy atom. The molecule has 7 heteroatoms. The molecule has 0 aliphatic carbocycles. The molecule has 3 N–H and O–H groups in total. The molecule has 29 heavy (non-hydrogen) atoms. The van der Waals surface area contributed by atoms with Gasteiger partial charge in [0.05, 0.1) is 6.10 Å². The minimum atomic E-state index is -0.0509. The molecule has 1 heterocycles. The molecule has 1 unspecified atom stereocenters. The highest BCUT2D eigenvalue weighted by atomic mass is 127. The van der Waals surface area contributed by atoms with Crippen LogP contribution in [0.1, 0.15) is 61.9 Å². The normalized spacial score (nSPS) is 16.4. The molecular weight excluding hydrogens is 479 g/mol. The molecule has 1 atom stereocenters. The van der Waals surface area contributed by atoms with Crippen LogP contribution in [0.3, 0.4) is 0 Å². The number of amides is 1. The summed E-state index contributed by atoms with van der Waals surface area (Å²) in [6.07, 6.45) is 5.88. The third-order valence-corrected chi connectivity index (χ3v) is 4.89. The molecule has 2 rings (SSSR count). The molecule has 0 radical (unpaired) electrons. The number of hydrogen-bond donors (Lipinski definition) is 3. The van der Waals surface area contributed by atoms with E-state index in [4.69, 9.17) is 4.74 Å². The van der Waals surface area contributed by atoms with Gasteiger partial charge in [-0.25, -0.2) is 0 Å². The number of rotatable bonds is 10. The van der Waals surface area contributed by atoms with E-state index in [9.17, 15) is 4.79 Å². The molecule has 0 aromatic heterocycles. The van der Waals surface area contributed by atoms with Crippen molar-refractivity contribution in [3.8, 4) is 0 Å².